The molecule has 0 amide bonds. The van der Waals surface area contributed by atoms with Crippen LogP contribution in [-0.4, -0.2) is 45.0 Å². The number of carbonyl (C=O) groups is 1. The molecular weight excluding hydrogens is 466 g/mol. The fraction of sp³-hybridized carbons (Fsp3) is 0.174. The first-order valence-corrected chi connectivity index (χ1v) is 13.3. The van der Waals surface area contributed by atoms with Gasteiger partial charge >= 0.3 is 5.97 Å². The van der Waals surface area contributed by atoms with Gasteiger partial charge < -0.3 is 9.84 Å². The predicted octanol–water partition coefficient (Wildman–Crippen LogP) is 3.26. The van der Waals surface area contributed by atoms with E-state index in [2.05, 4.69) is 0 Å². The van der Waals surface area contributed by atoms with Gasteiger partial charge in [-0.05, 0) is 66.1 Å². The summed E-state index contributed by atoms with van der Waals surface area (Å²) in [5, 5.41) is 9.78. The number of sulfone groups is 1. The van der Waals surface area contributed by atoms with Crippen LogP contribution in [0.4, 0.5) is 0 Å². The number of aliphatic carboxylic acids is 1. The van der Waals surface area contributed by atoms with Crippen molar-refractivity contribution < 1.29 is 31.5 Å². The van der Waals surface area contributed by atoms with E-state index in [1.165, 1.54) is 48.5 Å². The van der Waals surface area contributed by atoms with Gasteiger partial charge in [0.05, 0.1) is 9.79 Å². The summed E-state index contributed by atoms with van der Waals surface area (Å²) in [6, 6.07) is 17.1. The molecule has 0 saturated carbocycles. The first kappa shape index (κ1) is 23.0. The second-order valence-electron chi connectivity index (χ2n) is 7.62. The highest BCUT2D eigenvalue weighted by Gasteiger charge is 2.40. The van der Waals surface area contributed by atoms with Crippen molar-refractivity contribution in [1.29, 1.82) is 0 Å². The first-order chi connectivity index (χ1) is 15.6. The third-order valence-electron chi connectivity index (χ3n) is 5.39. The molecule has 0 bridgehead atoms. The number of benzene rings is 3. The maximum Gasteiger partial charge on any atom is 0.326 e. The zero-order valence-electron chi connectivity index (χ0n) is 17.6. The van der Waals surface area contributed by atoms with Gasteiger partial charge in [-0.15, -0.1) is 0 Å². The number of carboxylic acid groups (broad SMARTS) is 1. The minimum absolute atomic E-state index is 0.0482. The SMILES string of the molecule is CS(=O)(=O)c1ccc(Oc2ccc(S(=O)(=O)N3CCc4ccccc4[C@@H]3C(=O)O)cc2)cc1. The van der Waals surface area contributed by atoms with E-state index < -0.39 is 31.9 Å². The van der Waals surface area contributed by atoms with E-state index in [0.717, 1.165) is 16.1 Å². The normalized spacial score (nSPS) is 16.7. The smallest absolute Gasteiger partial charge is 0.326 e. The molecule has 1 atom stereocenters. The monoisotopic (exact) mass is 487 g/mol. The van der Waals surface area contributed by atoms with Crippen LogP contribution in [0, 0.1) is 0 Å². The Hall–Kier alpha value is -3.21. The van der Waals surface area contributed by atoms with Crippen LogP contribution < -0.4 is 4.74 Å². The highest BCUT2D eigenvalue weighted by molar-refractivity contribution is 7.90. The minimum Gasteiger partial charge on any atom is -0.480 e. The van der Waals surface area contributed by atoms with Crippen molar-refractivity contribution in [1.82, 2.24) is 4.31 Å². The van der Waals surface area contributed by atoms with E-state index in [0.29, 0.717) is 23.5 Å². The molecule has 33 heavy (non-hydrogen) atoms. The van der Waals surface area contributed by atoms with Gasteiger partial charge in [0.1, 0.15) is 17.5 Å². The van der Waals surface area contributed by atoms with Gasteiger partial charge in [-0.25, -0.2) is 16.8 Å². The minimum atomic E-state index is -4.08. The van der Waals surface area contributed by atoms with Crippen LogP contribution in [0.1, 0.15) is 17.2 Å². The zero-order chi connectivity index (χ0) is 23.8. The third-order valence-corrected chi connectivity index (χ3v) is 8.40. The van der Waals surface area contributed by atoms with Gasteiger partial charge in [0, 0.05) is 12.8 Å². The van der Waals surface area contributed by atoms with Crippen molar-refractivity contribution in [3.05, 3.63) is 83.9 Å². The van der Waals surface area contributed by atoms with E-state index in [4.69, 9.17) is 4.74 Å². The molecule has 172 valence electrons. The summed E-state index contributed by atoms with van der Waals surface area (Å²) in [4.78, 5) is 12.1. The highest BCUT2D eigenvalue weighted by Crippen LogP contribution is 2.35. The number of rotatable bonds is 6. The summed E-state index contributed by atoms with van der Waals surface area (Å²) >= 11 is 0. The molecule has 0 radical (unpaired) electrons. The van der Waals surface area contributed by atoms with E-state index in [1.54, 1.807) is 18.2 Å². The summed E-state index contributed by atoms with van der Waals surface area (Å²) in [5.41, 5.74) is 1.29. The summed E-state index contributed by atoms with van der Waals surface area (Å²) in [6.07, 6.45) is 1.53. The molecule has 0 aliphatic carbocycles. The molecule has 1 N–H and O–H groups in total. The van der Waals surface area contributed by atoms with Crippen molar-refractivity contribution in [3.8, 4) is 11.5 Å². The Bertz CT molecular complexity index is 1400. The molecule has 1 aliphatic heterocycles. The number of hydrogen-bond donors (Lipinski definition) is 1. The molecule has 0 fully saturated rings. The fourth-order valence-corrected chi connectivity index (χ4v) is 5.96. The Kier molecular flexibility index (Phi) is 6.00. The molecule has 4 rings (SSSR count). The van der Waals surface area contributed by atoms with Crippen molar-refractivity contribution in [2.24, 2.45) is 0 Å². The Labute approximate surface area is 192 Å². The molecule has 0 unspecified atom stereocenters. The molecule has 0 aromatic heterocycles. The van der Waals surface area contributed by atoms with Crippen molar-refractivity contribution in [2.75, 3.05) is 12.8 Å². The van der Waals surface area contributed by atoms with E-state index in [1.807, 2.05) is 6.07 Å². The number of hydrogen-bond acceptors (Lipinski definition) is 6. The van der Waals surface area contributed by atoms with E-state index in [-0.39, 0.29) is 16.3 Å². The molecule has 0 spiro atoms. The maximum atomic E-state index is 13.3. The number of ether oxygens (including phenoxy) is 1. The van der Waals surface area contributed by atoms with Crippen LogP contribution in [0.15, 0.2) is 82.6 Å². The van der Waals surface area contributed by atoms with Crippen molar-refractivity contribution in [3.63, 3.8) is 0 Å². The van der Waals surface area contributed by atoms with Gasteiger partial charge in [-0.2, -0.15) is 4.31 Å². The first-order valence-electron chi connectivity index (χ1n) is 9.98. The van der Waals surface area contributed by atoms with E-state index >= 15 is 0 Å². The lowest BCUT2D eigenvalue weighted by atomic mass is 9.94. The van der Waals surface area contributed by atoms with Gasteiger partial charge in [-0.1, -0.05) is 24.3 Å². The van der Waals surface area contributed by atoms with Gasteiger partial charge in [0.2, 0.25) is 10.0 Å². The Morgan fingerprint density at radius 2 is 1.42 bits per heavy atom. The average Bonchev–Trinajstić information content (AvgIpc) is 2.78. The van der Waals surface area contributed by atoms with E-state index in [9.17, 15) is 26.7 Å². The van der Waals surface area contributed by atoms with Gasteiger partial charge in [0.25, 0.3) is 0 Å². The van der Waals surface area contributed by atoms with Crippen LogP contribution in [0.3, 0.4) is 0 Å². The highest BCUT2D eigenvalue weighted by atomic mass is 32.2. The molecule has 1 aliphatic rings. The summed E-state index contributed by atoms with van der Waals surface area (Å²) in [6.45, 7) is 0.0568. The van der Waals surface area contributed by atoms with Crippen molar-refractivity contribution in [2.45, 2.75) is 22.3 Å². The van der Waals surface area contributed by atoms with Crippen molar-refractivity contribution >= 4 is 25.8 Å². The van der Waals surface area contributed by atoms with Crippen LogP contribution in [0.5, 0.6) is 11.5 Å². The molecule has 8 nitrogen and oxygen atoms in total. The summed E-state index contributed by atoms with van der Waals surface area (Å²) < 4.78 is 56.4. The lowest BCUT2D eigenvalue weighted by Gasteiger charge is -2.33. The summed E-state index contributed by atoms with van der Waals surface area (Å²) in [5.74, 6) is -0.500. The standard InChI is InChI=1S/C23H21NO7S2/c1-32(27,28)19-10-6-17(7-11-19)31-18-8-12-20(13-9-18)33(29,30)24-15-14-16-4-2-3-5-21(16)22(24)23(25)26/h2-13,22H,14-15H2,1H3,(H,25,26)/t22-/m1/s1. The molecule has 10 heteroatoms. The summed E-state index contributed by atoms with van der Waals surface area (Å²) in [7, 11) is -7.40. The zero-order valence-corrected chi connectivity index (χ0v) is 19.2. The number of carboxylic acids is 1. The third kappa shape index (κ3) is 4.63. The predicted molar refractivity (Wildman–Crippen MR) is 120 cm³/mol. The van der Waals surface area contributed by atoms with Gasteiger partial charge in [0.15, 0.2) is 9.84 Å². The molecule has 3 aromatic carbocycles. The lowest BCUT2D eigenvalue weighted by Crippen LogP contribution is -2.43. The number of nitrogens with zero attached hydrogens (tertiary/aromatic N) is 1. The van der Waals surface area contributed by atoms with Crippen LogP contribution in [0.25, 0.3) is 0 Å². The molecule has 1 heterocycles. The maximum absolute atomic E-state index is 13.3. The largest absolute Gasteiger partial charge is 0.480 e. The number of fused-ring (bicyclic) bond motifs is 1. The molecule has 0 saturated heterocycles. The quantitative estimate of drug-likeness (QED) is 0.567. The van der Waals surface area contributed by atoms with Crippen LogP contribution in [-0.2, 0) is 31.1 Å². The second kappa shape index (κ2) is 8.62. The van der Waals surface area contributed by atoms with Gasteiger partial charge in [-0.3, -0.25) is 4.79 Å². The topological polar surface area (TPSA) is 118 Å². The molecule has 3 aromatic rings. The van der Waals surface area contributed by atoms with Crippen LogP contribution in [0.2, 0.25) is 0 Å². The lowest BCUT2D eigenvalue weighted by molar-refractivity contribution is -0.142. The second-order valence-corrected chi connectivity index (χ2v) is 11.5. The Morgan fingerprint density at radius 3 is 1.97 bits per heavy atom. The molecular formula is C23H21NO7S2. The Morgan fingerprint density at radius 1 is 0.879 bits per heavy atom. The Balaban J connectivity index is 1.57. The average molecular weight is 488 g/mol. The van der Waals surface area contributed by atoms with Crippen LogP contribution >= 0.6 is 0 Å². The fourth-order valence-electron chi connectivity index (χ4n) is 3.76. The number of sulfonamides is 1.